The van der Waals surface area contributed by atoms with Gasteiger partial charge in [-0.1, -0.05) is 0 Å². The van der Waals surface area contributed by atoms with Gasteiger partial charge in [0.2, 0.25) is 5.91 Å². The summed E-state index contributed by atoms with van der Waals surface area (Å²) in [5, 5.41) is 22.2. The Hall–Kier alpha value is -2.56. The van der Waals surface area contributed by atoms with Crippen LogP contribution >= 0.6 is 11.3 Å². The van der Waals surface area contributed by atoms with Gasteiger partial charge in [-0.05, 0) is 32.3 Å². The minimum atomic E-state index is -1.26. The molecule has 1 saturated heterocycles. The van der Waals surface area contributed by atoms with Crippen molar-refractivity contribution in [3.63, 3.8) is 0 Å². The lowest BCUT2D eigenvalue weighted by atomic mass is 9.91. The van der Waals surface area contributed by atoms with Crippen LogP contribution in [0.4, 0.5) is 0 Å². The maximum absolute atomic E-state index is 12.5. The number of morpholine rings is 1. The van der Waals surface area contributed by atoms with Crippen LogP contribution in [-0.2, 0) is 25.5 Å². The van der Waals surface area contributed by atoms with Gasteiger partial charge in [0.15, 0.2) is 0 Å². The van der Waals surface area contributed by atoms with E-state index in [1.54, 1.807) is 5.01 Å². The molecular weight excluding hydrogens is 434 g/mol. The zero-order chi connectivity index (χ0) is 23.1. The SMILES string of the molecule is Cc1cc2c(s1)CCCC1CC(=O)N(CCN3CCOCC3)N=C21.O=C(O)/C=C/C(=O)O. The number of hydrazone groups is 1. The molecular formula is C22H29N3O6S. The van der Waals surface area contributed by atoms with E-state index in [0.29, 0.717) is 31.0 Å². The zero-order valence-electron chi connectivity index (χ0n) is 18.2. The van der Waals surface area contributed by atoms with E-state index >= 15 is 0 Å². The molecule has 3 aliphatic rings. The Balaban J connectivity index is 0.000000312. The predicted molar refractivity (Wildman–Crippen MR) is 120 cm³/mol. The van der Waals surface area contributed by atoms with Gasteiger partial charge in [0, 0.05) is 59.4 Å². The van der Waals surface area contributed by atoms with Crippen LogP contribution in [0.5, 0.6) is 0 Å². The highest BCUT2D eigenvalue weighted by atomic mass is 32.1. The second kappa shape index (κ2) is 11.3. The van der Waals surface area contributed by atoms with Gasteiger partial charge in [-0.15, -0.1) is 11.3 Å². The Morgan fingerprint density at radius 3 is 2.56 bits per heavy atom. The van der Waals surface area contributed by atoms with Crippen molar-refractivity contribution >= 4 is 34.9 Å². The van der Waals surface area contributed by atoms with E-state index in [9.17, 15) is 14.4 Å². The molecule has 32 heavy (non-hydrogen) atoms. The van der Waals surface area contributed by atoms with E-state index in [1.165, 1.54) is 15.3 Å². The Morgan fingerprint density at radius 1 is 1.22 bits per heavy atom. The fraction of sp³-hybridized carbons (Fsp3) is 0.545. The van der Waals surface area contributed by atoms with Crippen molar-refractivity contribution in [2.75, 3.05) is 39.4 Å². The lowest BCUT2D eigenvalue weighted by Gasteiger charge is -2.32. The van der Waals surface area contributed by atoms with E-state index < -0.39 is 11.9 Å². The summed E-state index contributed by atoms with van der Waals surface area (Å²) in [6.45, 7) is 7.23. The summed E-state index contributed by atoms with van der Waals surface area (Å²) in [6, 6.07) is 2.27. The third-order valence-electron chi connectivity index (χ3n) is 5.59. The average molecular weight is 464 g/mol. The van der Waals surface area contributed by atoms with Gasteiger partial charge < -0.3 is 14.9 Å². The number of ether oxygens (including phenoxy) is 1. The van der Waals surface area contributed by atoms with Crippen molar-refractivity contribution in [3.05, 3.63) is 33.5 Å². The summed E-state index contributed by atoms with van der Waals surface area (Å²) >= 11 is 1.89. The molecule has 0 saturated carbocycles. The molecule has 1 amide bonds. The van der Waals surface area contributed by atoms with Crippen LogP contribution in [0.15, 0.2) is 23.3 Å². The van der Waals surface area contributed by atoms with Crippen molar-refractivity contribution in [3.8, 4) is 0 Å². The minimum Gasteiger partial charge on any atom is -0.478 e. The topological polar surface area (TPSA) is 120 Å². The van der Waals surface area contributed by atoms with Gasteiger partial charge in [0.1, 0.15) is 0 Å². The monoisotopic (exact) mass is 463 g/mol. The average Bonchev–Trinajstić information content (AvgIpc) is 3.05. The van der Waals surface area contributed by atoms with Crippen molar-refractivity contribution < 1.29 is 29.3 Å². The molecule has 0 radical (unpaired) electrons. The molecule has 2 N–H and O–H groups in total. The molecule has 0 bridgehead atoms. The molecule has 1 aromatic rings. The van der Waals surface area contributed by atoms with Crippen LogP contribution in [0.1, 0.15) is 34.6 Å². The van der Waals surface area contributed by atoms with E-state index in [1.807, 2.05) is 11.3 Å². The first-order valence-electron chi connectivity index (χ1n) is 10.8. The number of hydrogen-bond donors (Lipinski definition) is 2. The molecule has 3 heterocycles. The molecule has 174 valence electrons. The molecule has 9 nitrogen and oxygen atoms in total. The number of carboxylic acid groups (broad SMARTS) is 2. The highest BCUT2D eigenvalue weighted by Gasteiger charge is 2.33. The lowest BCUT2D eigenvalue weighted by molar-refractivity contribution is -0.134. The summed E-state index contributed by atoms with van der Waals surface area (Å²) < 4.78 is 5.39. The summed E-state index contributed by atoms with van der Waals surface area (Å²) in [7, 11) is 0. The second-order valence-electron chi connectivity index (χ2n) is 7.95. The molecule has 10 heteroatoms. The molecule has 0 aromatic carbocycles. The molecule has 1 unspecified atom stereocenters. The number of aryl methyl sites for hydroxylation is 2. The summed E-state index contributed by atoms with van der Waals surface area (Å²) in [5.74, 6) is -2.01. The Bertz CT molecular complexity index is 887. The van der Waals surface area contributed by atoms with E-state index in [-0.39, 0.29) is 5.91 Å². The summed E-state index contributed by atoms with van der Waals surface area (Å²) in [4.78, 5) is 36.8. The molecule has 1 fully saturated rings. The standard InChI is InChI=1S/C18H25N3O2S.C4H4O4/c1-13-11-15-16(24-13)4-2-3-14-12-17(22)21(19-18(14)15)6-5-20-7-9-23-10-8-20;5-3(6)1-2-4(7)8/h11,14H,2-10,12H2,1H3;1-2H,(H,5,6)(H,7,8)/b;2-1+. The number of carboxylic acids is 2. The smallest absolute Gasteiger partial charge is 0.328 e. The van der Waals surface area contributed by atoms with Crippen LogP contribution in [0.3, 0.4) is 0 Å². The number of nitrogens with zero attached hydrogens (tertiary/aromatic N) is 3. The minimum absolute atomic E-state index is 0.187. The van der Waals surface area contributed by atoms with E-state index in [0.717, 1.165) is 57.8 Å². The van der Waals surface area contributed by atoms with Crippen LogP contribution in [-0.4, -0.2) is 83.1 Å². The van der Waals surface area contributed by atoms with Gasteiger partial charge in [0.05, 0.1) is 25.5 Å². The van der Waals surface area contributed by atoms with Crippen molar-refractivity contribution in [1.82, 2.24) is 9.91 Å². The summed E-state index contributed by atoms with van der Waals surface area (Å²) in [6.07, 6.45) is 5.12. The number of hydrogen-bond acceptors (Lipinski definition) is 7. The fourth-order valence-corrected chi connectivity index (χ4v) is 5.13. The maximum Gasteiger partial charge on any atom is 0.328 e. The van der Waals surface area contributed by atoms with Gasteiger partial charge in [-0.3, -0.25) is 9.69 Å². The van der Waals surface area contributed by atoms with Crippen LogP contribution in [0.25, 0.3) is 0 Å². The van der Waals surface area contributed by atoms with Gasteiger partial charge in [0.25, 0.3) is 0 Å². The fourth-order valence-electron chi connectivity index (χ4n) is 4.05. The Labute approximate surface area is 191 Å². The molecule has 1 aromatic heterocycles. The highest BCUT2D eigenvalue weighted by molar-refractivity contribution is 7.12. The number of carbonyl (C=O) groups is 3. The number of aliphatic carboxylic acids is 2. The van der Waals surface area contributed by atoms with Crippen molar-refractivity contribution in [1.29, 1.82) is 0 Å². The maximum atomic E-state index is 12.5. The van der Waals surface area contributed by atoms with E-state index in [4.69, 9.17) is 20.1 Å². The third-order valence-corrected chi connectivity index (χ3v) is 6.70. The molecule has 1 aliphatic carbocycles. The largest absolute Gasteiger partial charge is 0.478 e. The van der Waals surface area contributed by atoms with Crippen molar-refractivity contribution in [2.24, 2.45) is 11.0 Å². The second-order valence-corrected chi connectivity index (χ2v) is 9.29. The number of amides is 1. The third kappa shape index (κ3) is 6.72. The predicted octanol–water partition coefficient (Wildman–Crippen LogP) is 1.99. The number of thiophene rings is 1. The van der Waals surface area contributed by atoms with Crippen LogP contribution in [0, 0.1) is 12.8 Å². The van der Waals surface area contributed by atoms with Gasteiger partial charge in [-0.25, -0.2) is 14.6 Å². The lowest BCUT2D eigenvalue weighted by Crippen LogP contribution is -2.44. The van der Waals surface area contributed by atoms with Gasteiger partial charge >= 0.3 is 11.9 Å². The normalized spacial score (nSPS) is 21.2. The first-order chi connectivity index (χ1) is 15.3. The highest BCUT2D eigenvalue weighted by Crippen LogP contribution is 2.35. The van der Waals surface area contributed by atoms with E-state index in [2.05, 4.69) is 17.9 Å². The molecule has 2 aliphatic heterocycles. The number of rotatable bonds is 5. The number of fused-ring (bicyclic) bond motifs is 3. The summed E-state index contributed by atoms with van der Waals surface area (Å²) in [5.41, 5.74) is 2.47. The Kier molecular flexibility index (Phi) is 8.54. The Morgan fingerprint density at radius 2 is 1.91 bits per heavy atom. The van der Waals surface area contributed by atoms with Crippen LogP contribution in [0.2, 0.25) is 0 Å². The first kappa shape index (κ1) is 24.1. The van der Waals surface area contributed by atoms with Gasteiger partial charge in [-0.2, -0.15) is 5.10 Å². The van der Waals surface area contributed by atoms with Crippen molar-refractivity contribution in [2.45, 2.75) is 32.6 Å². The molecule has 0 spiro atoms. The number of carbonyl (C=O) groups excluding carboxylic acids is 1. The first-order valence-corrected chi connectivity index (χ1v) is 11.6. The van der Waals surface area contributed by atoms with Crippen LogP contribution < -0.4 is 0 Å². The zero-order valence-corrected chi connectivity index (χ0v) is 19.0. The quantitative estimate of drug-likeness (QED) is 0.641. The molecule has 4 rings (SSSR count). The molecule has 1 atom stereocenters.